The minimum absolute atomic E-state index is 0.0523. The number of pyridine rings is 1. The van der Waals surface area contributed by atoms with Gasteiger partial charge in [-0.05, 0) is 25.0 Å². The van der Waals surface area contributed by atoms with Gasteiger partial charge < -0.3 is 0 Å². The highest BCUT2D eigenvalue weighted by Crippen LogP contribution is 2.19. The average molecular weight is 376 g/mol. The number of nitrogens with zero attached hydrogens (tertiary/aromatic N) is 4. The predicted molar refractivity (Wildman–Crippen MR) is 100 cm³/mol. The summed E-state index contributed by atoms with van der Waals surface area (Å²) >= 11 is 0. The fourth-order valence-corrected chi connectivity index (χ4v) is 5.73. The normalized spacial score (nSPS) is 24.3. The van der Waals surface area contributed by atoms with Gasteiger partial charge in [-0.2, -0.15) is 0 Å². The highest BCUT2D eigenvalue weighted by Gasteiger charge is 2.33. The second-order valence-electron chi connectivity index (χ2n) is 7.34. The zero-order valence-electron chi connectivity index (χ0n) is 15.0. The van der Waals surface area contributed by atoms with Gasteiger partial charge in [0, 0.05) is 51.0 Å². The third-order valence-corrected chi connectivity index (χ3v) is 7.21. The summed E-state index contributed by atoms with van der Waals surface area (Å²) in [4.78, 5) is 21.6. The topological polar surface area (TPSA) is 75.0 Å². The maximum absolute atomic E-state index is 12.3. The van der Waals surface area contributed by atoms with Crippen molar-refractivity contribution in [2.75, 3.05) is 37.7 Å². The molecule has 0 bridgehead atoms. The van der Waals surface area contributed by atoms with Crippen LogP contribution < -0.4 is 5.56 Å². The van der Waals surface area contributed by atoms with Crippen LogP contribution >= 0.6 is 0 Å². The number of fused-ring (bicyclic) bond motifs is 1. The van der Waals surface area contributed by atoms with Crippen LogP contribution in [-0.2, 0) is 16.4 Å². The highest BCUT2D eigenvalue weighted by atomic mass is 32.2. The SMILES string of the molecule is Cc1cccn2c(=O)cc(CN3CCN(C4CCS(=O)(=O)C4)CC3)nc12. The largest absolute Gasteiger partial charge is 0.297 e. The van der Waals surface area contributed by atoms with E-state index in [4.69, 9.17) is 0 Å². The average Bonchev–Trinajstić information content (AvgIpc) is 2.97. The van der Waals surface area contributed by atoms with Crippen LogP contribution in [0.1, 0.15) is 17.7 Å². The van der Waals surface area contributed by atoms with Gasteiger partial charge in [0.2, 0.25) is 0 Å². The second-order valence-corrected chi connectivity index (χ2v) is 9.57. The predicted octanol–water partition coefficient (Wildman–Crippen LogP) is 0.308. The zero-order chi connectivity index (χ0) is 18.3. The summed E-state index contributed by atoms with van der Waals surface area (Å²) < 4.78 is 24.9. The number of hydrogen-bond donors (Lipinski definition) is 0. The van der Waals surface area contributed by atoms with E-state index in [1.165, 1.54) is 0 Å². The Morgan fingerprint density at radius 2 is 2.00 bits per heavy atom. The van der Waals surface area contributed by atoms with Gasteiger partial charge in [-0.1, -0.05) is 6.07 Å². The standard InChI is InChI=1S/C18H24N4O3S/c1-14-3-2-5-22-17(23)11-15(19-18(14)22)12-20-6-8-21(9-7-20)16-4-10-26(24,25)13-16/h2-3,5,11,16H,4,6-10,12-13H2,1H3. The minimum Gasteiger partial charge on any atom is -0.297 e. The fourth-order valence-electron chi connectivity index (χ4n) is 3.97. The van der Waals surface area contributed by atoms with Crippen molar-refractivity contribution in [3.8, 4) is 0 Å². The van der Waals surface area contributed by atoms with E-state index < -0.39 is 9.84 Å². The van der Waals surface area contributed by atoms with E-state index in [1.807, 2.05) is 19.1 Å². The summed E-state index contributed by atoms with van der Waals surface area (Å²) in [6.45, 7) is 6.07. The molecule has 0 spiro atoms. The summed E-state index contributed by atoms with van der Waals surface area (Å²) in [7, 11) is -2.84. The number of rotatable bonds is 3. The molecule has 8 heteroatoms. The number of hydrogen-bond acceptors (Lipinski definition) is 6. The maximum atomic E-state index is 12.3. The van der Waals surface area contributed by atoms with Gasteiger partial charge in [-0.25, -0.2) is 13.4 Å². The Morgan fingerprint density at radius 1 is 1.23 bits per heavy atom. The molecule has 4 rings (SSSR count). The maximum Gasteiger partial charge on any atom is 0.258 e. The lowest BCUT2D eigenvalue weighted by atomic mass is 10.2. The van der Waals surface area contributed by atoms with Crippen LogP contribution in [0.25, 0.3) is 5.65 Å². The van der Waals surface area contributed by atoms with Gasteiger partial charge >= 0.3 is 0 Å². The Balaban J connectivity index is 1.43. The molecule has 0 radical (unpaired) electrons. The first-order valence-corrected chi connectivity index (χ1v) is 10.9. The lowest BCUT2D eigenvalue weighted by Crippen LogP contribution is -2.50. The third kappa shape index (κ3) is 3.54. The third-order valence-electron chi connectivity index (χ3n) is 5.46. The summed E-state index contributed by atoms with van der Waals surface area (Å²) in [5.41, 5.74) is 2.44. The number of sulfone groups is 1. The highest BCUT2D eigenvalue weighted by molar-refractivity contribution is 7.91. The molecule has 2 aromatic rings. The van der Waals surface area contributed by atoms with Gasteiger partial charge in [-0.3, -0.25) is 19.0 Å². The van der Waals surface area contributed by atoms with Gasteiger partial charge in [0.15, 0.2) is 9.84 Å². The van der Waals surface area contributed by atoms with Gasteiger partial charge in [0.05, 0.1) is 17.2 Å². The molecule has 2 aromatic heterocycles. The Hall–Kier alpha value is -1.77. The van der Waals surface area contributed by atoms with Crippen LogP contribution in [0.15, 0.2) is 29.2 Å². The van der Waals surface area contributed by atoms with Crippen LogP contribution in [0.4, 0.5) is 0 Å². The zero-order valence-corrected chi connectivity index (χ0v) is 15.8. The molecule has 2 aliphatic rings. The van der Waals surface area contributed by atoms with E-state index in [1.54, 1.807) is 16.7 Å². The van der Waals surface area contributed by atoms with Gasteiger partial charge in [0.25, 0.3) is 5.56 Å². The van der Waals surface area contributed by atoms with Crippen molar-refractivity contribution in [3.63, 3.8) is 0 Å². The summed E-state index contributed by atoms with van der Waals surface area (Å²) in [5.74, 6) is 0.622. The van der Waals surface area contributed by atoms with E-state index in [2.05, 4.69) is 14.8 Å². The first-order valence-electron chi connectivity index (χ1n) is 9.06. The summed E-state index contributed by atoms with van der Waals surface area (Å²) in [5, 5.41) is 0. The van der Waals surface area contributed by atoms with E-state index in [0.717, 1.165) is 43.9 Å². The van der Waals surface area contributed by atoms with Crippen molar-refractivity contribution < 1.29 is 8.42 Å². The first kappa shape index (κ1) is 17.6. The van der Waals surface area contributed by atoms with Crippen molar-refractivity contribution >= 4 is 15.5 Å². The van der Waals surface area contributed by atoms with Crippen LogP contribution in [0, 0.1) is 6.92 Å². The molecule has 1 atom stereocenters. The minimum atomic E-state index is -2.84. The van der Waals surface area contributed by atoms with Crippen molar-refractivity contribution in [2.24, 2.45) is 0 Å². The quantitative estimate of drug-likeness (QED) is 0.767. The van der Waals surface area contributed by atoms with E-state index in [9.17, 15) is 13.2 Å². The van der Waals surface area contributed by atoms with Crippen LogP contribution in [0.3, 0.4) is 0 Å². The second kappa shape index (κ2) is 6.75. The first-order chi connectivity index (χ1) is 12.4. The Labute approximate surface area is 153 Å². The molecule has 0 saturated carbocycles. The lowest BCUT2D eigenvalue weighted by molar-refractivity contribution is 0.0992. The van der Waals surface area contributed by atoms with Crippen molar-refractivity contribution in [1.82, 2.24) is 19.2 Å². The Kier molecular flexibility index (Phi) is 4.58. The van der Waals surface area contributed by atoms with E-state index in [0.29, 0.717) is 23.7 Å². The molecule has 0 amide bonds. The molecule has 2 aliphatic heterocycles. The lowest BCUT2D eigenvalue weighted by Gasteiger charge is -2.37. The van der Waals surface area contributed by atoms with Crippen molar-refractivity contribution in [2.45, 2.75) is 25.9 Å². The van der Waals surface area contributed by atoms with Crippen molar-refractivity contribution in [1.29, 1.82) is 0 Å². The Morgan fingerprint density at radius 3 is 2.69 bits per heavy atom. The number of aryl methyl sites for hydroxylation is 1. The van der Waals surface area contributed by atoms with Crippen molar-refractivity contribution in [3.05, 3.63) is 46.0 Å². The molecule has 2 fully saturated rings. The monoisotopic (exact) mass is 376 g/mol. The smallest absolute Gasteiger partial charge is 0.258 e. The van der Waals surface area contributed by atoms with E-state index in [-0.39, 0.29) is 11.6 Å². The van der Waals surface area contributed by atoms with Gasteiger partial charge in [-0.15, -0.1) is 0 Å². The molecule has 0 N–H and O–H groups in total. The van der Waals surface area contributed by atoms with Crippen LogP contribution in [0.5, 0.6) is 0 Å². The molecule has 140 valence electrons. The summed E-state index contributed by atoms with van der Waals surface area (Å²) in [6.07, 6.45) is 2.50. The molecule has 4 heterocycles. The van der Waals surface area contributed by atoms with Gasteiger partial charge in [0.1, 0.15) is 5.65 Å². The van der Waals surface area contributed by atoms with Crippen LogP contribution in [0.2, 0.25) is 0 Å². The molecule has 1 unspecified atom stereocenters. The molecule has 0 aromatic carbocycles. The molecule has 0 aliphatic carbocycles. The van der Waals surface area contributed by atoms with Crippen LogP contribution in [-0.4, -0.2) is 71.3 Å². The molecular formula is C18H24N4O3S. The van der Waals surface area contributed by atoms with E-state index >= 15 is 0 Å². The molecular weight excluding hydrogens is 352 g/mol. The molecule has 2 saturated heterocycles. The summed E-state index contributed by atoms with van der Waals surface area (Å²) in [6, 6.07) is 5.60. The number of piperazine rings is 1. The Bertz CT molecular complexity index is 978. The molecule has 26 heavy (non-hydrogen) atoms. The molecule has 7 nitrogen and oxygen atoms in total. The number of aromatic nitrogens is 2. The fraction of sp³-hybridized carbons (Fsp3) is 0.556.